The maximum Gasteiger partial charge on any atom is 0.174 e. The number of carbonyl (C=O) groups excluding carboxylic acids is 1. The van der Waals surface area contributed by atoms with E-state index in [1.165, 1.54) is 13.2 Å². The minimum absolute atomic E-state index is 0.140. The van der Waals surface area contributed by atoms with Gasteiger partial charge < -0.3 is 14.4 Å². The molecule has 116 valence electrons. The molecule has 2 aliphatic carbocycles. The smallest absolute Gasteiger partial charge is 0.174 e. The Balaban J connectivity index is 1.96. The fourth-order valence-corrected chi connectivity index (χ4v) is 4.50. The van der Waals surface area contributed by atoms with Gasteiger partial charge in [0.15, 0.2) is 23.4 Å². The summed E-state index contributed by atoms with van der Waals surface area (Å²) < 4.78 is 64.0. The first-order valence-electron chi connectivity index (χ1n) is 10.6. The van der Waals surface area contributed by atoms with Crippen molar-refractivity contribution < 1.29 is 22.5 Å². The molecule has 2 aliphatic heterocycles. The number of benzene rings is 1. The lowest BCUT2D eigenvalue weighted by atomic mass is 9.52. The van der Waals surface area contributed by atoms with Crippen molar-refractivity contribution in [1.82, 2.24) is 4.90 Å². The Hall–Kier alpha value is -1.55. The fraction of sp³-hybridized carbons (Fsp3) is 0.611. The Labute approximate surface area is 138 Å². The van der Waals surface area contributed by atoms with Gasteiger partial charge in [-0.15, -0.1) is 0 Å². The monoisotopic (exact) mass is 305 g/mol. The molecule has 1 saturated carbocycles. The molecule has 1 unspecified atom stereocenters. The van der Waals surface area contributed by atoms with Gasteiger partial charge in [0.05, 0.1) is 8.48 Å². The van der Waals surface area contributed by atoms with Crippen LogP contribution in [0.15, 0.2) is 12.1 Å². The van der Waals surface area contributed by atoms with E-state index in [1.54, 1.807) is 18.0 Å². The third-order valence-corrected chi connectivity index (χ3v) is 5.51. The van der Waals surface area contributed by atoms with Crippen LogP contribution in [0.25, 0.3) is 0 Å². The van der Waals surface area contributed by atoms with E-state index in [0.717, 1.165) is 0 Å². The van der Waals surface area contributed by atoms with Crippen molar-refractivity contribution in [2.24, 2.45) is 5.92 Å². The highest BCUT2D eigenvalue weighted by Gasteiger charge is 2.65. The van der Waals surface area contributed by atoms with Crippen LogP contribution in [0, 0.1) is 5.92 Å². The summed E-state index contributed by atoms with van der Waals surface area (Å²) in [5.74, 6) is -1.47. The molecule has 0 radical (unpaired) electrons. The number of hydrogen-bond acceptors (Lipinski definition) is 4. The van der Waals surface area contributed by atoms with E-state index in [0.29, 0.717) is 18.5 Å². The lowest BCUT2D eigenvalue weighted by molar-refractivity contribution is -0.138. The number of methoxy groups -OCH3 is 1. The normalized spacial score (nSPS) is 53.7. The third kappa shape index (κ3) is 1.27. The number of likely N-dealkylation sites (N-methyl/N-ethyl adjacent to an activating group) is 1. The highest BCUT2D eigenvalue weighted by Crippen LogP contribution is 2.62. The first kappa shape index (κ1) is 8.34. The van der Waals surface area contributed by atoms with Gasteiger partial charge in [0.25, 0.3) is 0 Å². The van der Waals surface area contributed by atoms with Gasteiger partial charge in [-0.05, 0) is 50.4 Å². The zero-order valence-electron chi connectivity index (χ0n) is 18.5. The second kappa shape index (κ2) is 4.05. The van der Waals surface area contributed by atoms with Crippen molar-refractivity contribution in [3.05, 3.63) is 23.3 Å². The zero-order valence-corrected chi connectivity index (χ0v) is 12.5. The van der Waals surface area contributed by atoms with Gasteiger partial charge in [0, 0.05) is 30.2 Å². The largest absolute Gasteiger partial charge is 0.493 e. The Kier molecular flexibility index (Phi) is 1.53. The summed E-state index contributed by atoms with van der Waals surface area (Å²) in [4.78, 5) is 14.7. The lowest BCUT2D eigenvalue weighted by Crippen LogP contribution is -2.65. The average Bonchev–Trinajstić information content (AvgIpc) is 2.90. The SMILES string of the molecule is [2H]C1([2H])C[C@@H]2[C@@]34CCN(C)[C@]2([2H])C([2H])([2H])c2ccc(OC)c(c23)OC4([2H])C1=O. The van der Waals surface area contributed by atoms with Crippen LogP contribution in [0.3, 0.4) is 0 Å². The molecule has 2 fully saturated rings. The van der Waals surface area contributed by atoms with Crippen LogP contribution in [-0.4, -0.2) is 43.5 Å². The van der Waals surface area contributed by atoms with Crippen LogP contribution in [-0.2, 0) is 16.6 Å². The van der Waals surface area contributed by atoms with Crippen molar-refractivity contribution in [3.8, 4) is 11.5 Å². The van der Waals surface area contributed by atoms with Gasteiger partial charge in [-0.25, -0.2) is 0 Å². The molecule has 2 bridgehead atoms. The van der Waals surface area contributed by atoms with Gasteiger partial charge in [-0.2, -0.15) is 0 Å². The van der Waals surface area contributed by atoms with Crippen LogP contribution in [0.2, 0.25) is 0 Å². The highest BCUT2D eigenvalue weighted by atomic mass is 16.5. The first-order chi connectivity index (χ1) is 12.9. The molecule has 4 heteroatoms. The predicted octanol–water partition coefficient (Wildman–Crippen LogP) is 1.93. The van der Waals surface area contributed by atoms with Crippen molar-refractivity contribution in [1.29, 1.82) is 0 Å². The summed E-state index contributed by atoms with van der Waals surface area (Å²) in [6.07, 6.45) is -6.81. The molecule has 0 aromatic heterocycles. The lowest BCUT2D eigenvalue weighted by Gasteiger charge is -2.57. The fourth-order valence-electron chi connectivity index (χ4n) is 4.50. The molecule has 0 amide bonds. The van der Waals surface area contributed by atoms with Gasteiger partial charge in [0.2, 0.25) is 0 Å². The van der Waals surface area contributed by atoms with E-state index < -0.39 is 42.0 Å². The van der Waals surface area contributed by atoms with E-state index in [4.69, 9.17) is 16.3 Å². The van der Waals surface area contributed by atoms with Gasteiger partial charge in [-0.1, -0.05) is 6.07 Å². The summed E-state index contributed by atoms with van der Waals surface area (Å²) in [5, 5.41) is 0. The molecule has 4 atom stereocenters. The number of nitrogens with zero attached hydrogens (tertiary/aromatic N) is 1. The molecule has 2 heterocycles. The number of likely N-dealkylation sites (tertiary alicyclic amines) is 1. The molecular formula is C18H21NO3. The summed E-state index contributed by atoms with van der Waals surface area (Å²) in [5.41, 5.74) is -0.642. The molecule has 1 saturated heterocycles. The van der Waals surface area contributed by atoms with Gasteiger partial charge in [-0.3, -0.25) is 4.79 Å². The molecule has 1 spiro atoms. The average molecular weight is 305 g/mol. The first-order valence-corrected chi connectivity index (χ1v) is 7.57. The summed E-state index contributed by atoms with van der Waals surface area (Å²) in [6, 6.07) is 1.25. The molecule has 22 heavy (non-hydrogen) atoms. The van der Waals surface area contributed by atoms with Crippen LogP contribution in [0.1, 0.15) is 38.6 Å². The quantitative estimate of drug-likeness (QED) is 0.795. The van der Waals surface area contributed by atoms with E-state index >= 15 is 0 Å². The maximum atomic E-state index is 13.1. The third-order valence-electron chi connectivity index (χ3n) is 5.51. The number of piperidine rings is 1. The maximum absolute atomic E-state index is 13.1. The predicted molar refractivity (Wildman–Crippen MR) is 81.6 cm³/mol. The van der Waals surface area contributed by atoms with E-state index in [2.05, 4.69) is 0 Å². The Bertz CT molecular complexity index is 938. The Morgan fingerprint density at radius 3 is 3.23 bits per heavy atom. The van der Waals surface area contributed by atoms with E-state index in [9.17, 15) is 6.17 Å². The summed E-state index contributed by atoms with van der Waals surface area (Å²) >= 11 is 0. The molecule has 1 aromatic rings. The molecular weight excluding hydrogens is 278 g/mol. The molecule has 4 aliphatic rings. The highest BCUT2D eigenvalue weighted by molar-refractivity contribution is 5.89. The Morgan fingerprint density at radius 1 is 1.55 bits per heavy atom. The number of ether oxygens (including phenoxy) is 2. The summed E-state index contributed by atoms with van der Waals surface area (Å²) in [6.45, 7) is 0.301. The van der Waals surface area contributed by atoms with Crippen LogP contribution in [0.5, 0.6) is 11.5 Å². The van der Waals surface area contributed by atoms with Crippen molar-refractivity contribution in [3.63, 3.8) is 0 Å². The number of hydrogen-bond donors (Lipinski definition) is 0. The van der Waals surface area contributed by atoms with Gasteiger partial charge in [0.1, 0.15) is 0 Å². The van der Waals surface area contributed by atoms with Crippen molar-refractivity contribution in [2.45, 2.75) is 43.1 Å². The number of Topliss-reactive ketones (excluding diaryl/α,β-unsaturated/α-hetero) is 1. The van der Waals surface area contributed by atoms with E-state index in [-0.39, 0.29) is 23.5 Å². The minimum Gasteiger partial charge on any atom is -0.493 e. The van der Waals surface area contributed by atoms with Crippen molar-refractivity contribution in [2.75, 3.05) is 20.7 Å². The van der Waals surface area contributed by atoms with Crippen LogP contribution in [0.4, 0.5) is 0 Å². The second-order valence-electron chi connectivity index (χ2n) is 6.37. The summed E-state index contributed by atoms with van der Waals surface area (Å²) in [7, 11) is 3.08. The number of rotatable bonds is 1. The Morgan fingerprint density at radius 2 is 2.41 bits per heavy atom. The minimum atomic E-state index is -2.39. The topological polar surface area (TPSA) is 38.8 Å². The van der Waals surface area contributed by atoms with Gasteiger partial charge >= 0.3 is 0 Å². The second-order valence-corrected chi connectivity index (χ2v) is 6.37. The standard InChI is InChI=1S/C18H21NO3/c1-19-8-7-18-11-4-5-13(20)17(18)22-16-14(21-2)6-3-10(15(16)18)9-12(11)19/h3,6,11-12,17H,4-5,7-9H2,1-2H3/t11-,12+,17?,18-/m0/s1/i5D2,9D2,12D,17D. The van der Waals surface area contributed by atoms with Crippen LogP contribution < -0.4 is 9.47 Å². The van der Waals surface area contributed by atoms with E-state index in [1.807, 2.05) is 0 Å². The molecule has 4 nitrogen and oxygen atoms in total. The van der Waals surface area contributed by atoms with Crippen LogP contribution >= 0.6 is 0 Å². The molecule has 1 aromatic carbocycles. The zero-order chi connectivity index (χ0) is 20.5. The molecule has 0 N–H and O–H groups in total. The molecule has 5 rings (SSSR count). The number of carbonyl (C=O) groups is 1. The van der Waals surface area contributed by atoms with Crippen molar-refractivity contribution >= 4 is 5.78 Å². The number of ketones is 1.